The highest BCUT2D eigenvalue weighted by Crippen LogP contribution is 2.30. The van der Waals surface area contributed by atoms with Crippen LogP contribution in [0.15, 0.2) is 138 Å². The van der Waals surface area contributed by atoms with Crippen LogP contribution < -0.4 is 74.2 Å². The van der Waals surface area contributed by atoms with Gasteiger partial charge in [-0.2, -0.15) is 0 Å². The lowest BCUT2D eigenvalue weighted by atomic mass is 10.0. The van der Waals surface area contributed by atoms with E-state index in [1.165, 1.54) is 88.3 Å². The number of amides is 5. The van der Waals surface area contributed by atoms with Crippen molar-refractivity contribution >= 4 is 64.8 Å². The number of Topliss-reactive ketones (excluding diaryl/α,β-unsaturated/α-hetero) is 5. The molecule has 5 atom stereocenters. The molecule has 0 radical (unpaired) electrons. The third-order valence-electron chi connectivity index (χ3n) is 21.0. The number of rotatable bonds is 50. The van der Waals surface area contributed by atoms with Gasteiger partial charge >= 0.3 is 0 Å². The number of nitrogens with zero attached hydrogens (tertiary/aromatic N) is 5. The van der Waals surface area contributed by atoms with E-state index in [0.29, 0.717) is 115 Å². The van der Waals surface area contributed by atoms with Crippen molar-refractivity contribution in [3.63, 3.8) is 0 Å². The SMILES string of the molecule is C=C1C=CN(CC(=O)C(CCCCN)NC(=O)C2CCCC2)C=N1.COC(C)(C)C(=O)NC(CCCCN)C(=O)COc1c(F)cccc1F.Cc1ccc(F)c(OCC(=O)C(CCCCN)NC(=O)c2ccccn2)c1F.Cc1ccc(F)c(OCC(=O)C(CCCCN)NC(=O)c2ccncc2)c1F.NCCCCC(NC(=O)C1CCCC1)C(=O)COc1ccon1. The van der Waals surface area contributed by atoms with Crippen LogP contribution >= 0.6 is 0 Å². The number of pyridine rings is 2. The summed E-state index contributed by atoms with van der Waals surface area (Å²) in [6.07, 6.45) is 28.3. The smallest absolute Gasteiger partial charge is 0.270 e. The van der Waals surface area contributed by atoms with Gasteiger partial charge in [-0.3, -0.25) is 57.9 Å². The van der Waals surface area contributed by atoms with E-state index in [1.807, 2.05) is 0 Å². The highest BCUT2D eigenvalue weighted by atomic mass is 19.2. The summed E-state index contributed by atoms with van der Waals surface area (Å²) in [5.74, 6) is -9.82. The molecule has 5 amide bonds. The molecule has 5 unspecified atom stereocenters. The number of allylic oxidation sites excluding steroid dienone is 1. The number of benzene rings is 3. The summed E-state index contributed by atoms with van der Waals surface area (Å²) in [6, 6.07) is 13.8. The van der Waals surface area contributed by atoms with Gasteiger partial charge in [0.1, 0.15) is 37.4 Å². The predicted molar refractivity (Wildman–Crippen MR) is 472 cm³/mol. The molecule has 3 aromatic carbocycles. The number of methoxy groups -OCH3 is 1. The average Bonchev–Trinajstić information content (AvgIpc) is 1.25. The van der Waals surface area contributed by atoms with Gasteiger partial charge in [0.25, 0.3) is 23.6 Å². The molecule has 1 aliphatic heterocycles. The van der Waals surface area contributed by atoms with Crippen LogP contribution in [0.3, 0.4) is 0 Å². The number of carbonyl (C=O) groups excluding carboxylic acids is 10. The molecule has 2 saturated carbocycles. The fourth-order valence-electron chi connectivity index (χ4n) is 13.1. The fourth-order valence-corrected chi connectivity index (χ4v) is 13.1. The molecular weight excluding hydrogens is 1690 g/mol. The minimum absolute atomic E-state index is 0.00183. The zero-order valence-electron chi connectivity index (χ0n) is 74.1. The molecule has 2 fully saturated rings. The van der Waals surface area contributed by atoms with Crippen molar-refractivity contribution in [2.45, 2.75) is 211 Å². The van der Waals surface area contributed by atoms with Crippen LogP contribution in [0, 0.1) is 60.6 Å². The van der Waals surface area contributed by atoms with Crippen LogP contribution in [0.1, 0.15) is 193 Å². The molecular formula is C92H125F6N15O16. The lowest BCUT2D eigenvalue weighted by Crippen LogP contribution is -2.51. The number of carbonyl (C=O) groups is 10. The van der Waals surface area contributed by atoms with Crippen molar-refractivity contribution in [3.05, 3.63) is 186 Å². The number of unbranched alkanes of at least 4 members (excludes halogenated alkanes) is 5. The van der Waals surface area contributed by atoms with Gasteiger partial charge in [0.15, 0.2) is 87.7 Å². The molecule has 6 aromatic rings. The van der Waals surface area contributed by atoms with E-state index in [9.17, 15) is 74.3 Å². The maximum absolute atomic E-state index is 14.0. The molecule has 4 heterocycles. The lowest BCUT2D eigenvalue weighted by molar-refractivity contribution is -0.142. The van der Waals surface area contributed by atoms with Gasteiger partial charge in [-0.25, -0.2) is 31.3 Å². The first kappa shape index (κ1) is 108. The van der Waals surface area contributed by atoms with E-state index in [-0.39, 0.29) is 71.1 Å². The largest absolute Gasteiger partial charge is 0.480 e. The highest BCUT2D eigenvalue weighted by Gasteiger charge is 2.34. The molecule has 15 N–H and O–H groups in total. The summed E-state index contributed by atoms with van der Waals surface area (Å²) >= 11 is 0. The zero-order chi connectivity index (χ0) is 94.6. The Kier molecular flexibility index (Phi) is 49.7. The minimum atomic E-state index is -1.12. The molecule has 2 aliphatic carbocycles. The first-order valence-corrected chi connectivity index (χ1v) is 43.4. The number of halogens is 6. The Labute approximate surface area is 748 Å². The van der Waals surface area contributed by atoms with E-state index in [4.69, 9.17) is 52.4 Å². The number of aryl methyl sites for hydroxylation is 2. The third-order valence-corrected chi connectivity index (χ3v) is 21.0. The van der Waals surface area contributed by atoms with Crippen LogP contribution in [0.2, 0.25) is 0 Å². The number of ether oxygens (including phenoxy) is 5. The first-order chi connectivity index (χ1) is 61.9. The normalized spacial score (nSPS) is 14.0. The quantitative estimate of drug-likeness (QED) is 0.0125. The number of ketones is 5. The summed E-state index contributed by atoms with van der Waals surface area (Å²) in [7, 11) is 1.38. The Morgan fingerprint density at radius 1 is 0.488 bits per heavy atom. The van der Waals surface area contributed by atoms with Gasteiger partial charge in [-0.1, -0.05) is 56.5 Å². The van der Waals surface area contributed by atoms with Gasteiger partial charge < -0.3 is 88.4 Å². The second-order valence-electron chi connectivity index (χ2n) is 31.4. The number of nitrogens with two attached hydrogens (primary N) is 5. The number of hydrogen-bond acceptors (Lipinski definition) is 26. The summed E-state index contributed by atoms with van der Waals surface area (Å²) in [5, 5.41) is 17.3. The standard InChI is InChI=1S/2C20H23F2N3O3.C18H26F2N2O4.C18H28N4O2.C16H25N3O4/c1-13-8-9-14(21)19(18(13)22)28-12-17(26)15(6-2-4-10-23)25-20(27)16-7-3-5-11-24-16;1-13-5-6-15(21)19(18(13)22)28-12-17(26)16(4-2-3-9-23)25-20(27)14-7-10-24-11-8-14;1-18(2,25-3)17(24)22-14(9-4-5-10-21)15(23)11-26-16-12(19)7-6-8-13(16)20;1-14-9-11-22(13-20-14)12-17(23)16(8-4-5-10-19)21-18(24)15-6-2-3-7-15;17-9-4-3-7-13(18-16(21)12-5-1-2-6-12)14(20)11-22-15-8-10-23-19-15/h3,5,7-9,11,15H,2,4,6,10,12,23H2,1H3,(H,25,27);5-8,10-11,16H,2-4,9,12,23H2,1H3,(H,25,27);6-8,14H,4-5,9-11,21H2,1-3H3,(H,22,24);9,11,13,15-16H,1-8,10,12,19H2,(H,21,24);8,10,12-13H,1-7,9,11,17H2,(H,18,21). The highest BCUT2D eigenvalue weighted by molar-refractivity contribution is 5.99. The molecule has 31 nitrogen and oxygen atoms in total. The molecule has 0 spiro atoms. The van der Waals surface area contributed by atoms with Crippen molar-refractivity contribution in [1.82, 2.24) is 46.6 Å². The molecule has 3 aliphatic rings. The van der Waals surface area contributed by atoms with Crippen LogP contribution in [0.4, 0.5) is 26.3 Å². The first-order valence-electron chi connectivity index (χ1n) is 43.4. The second kappa shape index (κ2) is 59.5. The molecule has 37 heteroatoms. The number of nitrogens with one attached hydrogen (secondary N) is 5. The van der Waals surface area contributed by atoms with E-state index < -0.39 is 143 Å². The van der Waals surface area contributed by atoms with Crippen molar-refractivity contribution < 1.29 is 102 Å². The maximum Gasteiger partial charge on any atom is 0.270 e. The van der Waals surface area contributed by atoms with Crippen LogP contribution in [0.25, 0.3) is 0 Å². The summed E-state index contributed by atoms with van der Waals surface area (Å²) in [6.45, 7) is 10.7. The monoisotopic (exact) mass is 1810 g/mol. The molecule has 706 valence electrons. The Balaban J connectivity index is 0.000000286. The number of aliphatic imine (C=N–C) groups is 1. The number of hydrogen-bond donors (Lipinski definition) is 10. The van der Waals surface area contributed by atoms with Crippen molar-refractivity contribution in [2.75, 3.05) is 72.8 Å². The van der Waals surface area contributed by atoms with E-state index in [0.717, 1.165) is 101 Å². The Morgan fingerprint density at radius 2 is 0.899 bits per heavy atom. The van der Waals surface area contributed by atoms with Gasteiger partial charge in [0.05, 0.1) is 48.8 Å². The fraction of sp³-hybridized carbons (Fsp3) is 0.500. The molecule has 3 aromatic heterocycles. The number of aromatic nitrogens is 3. The Morgan fingerprint density at radius 3 is 1.30 bits per heavy atom. The minimum Gasteiger partial charge on any atom is -0.480 e. The van der Waals surface area contributed by atoms with Gasteiger partial charge in [-0.05, 0) is 253 Å². The Hall–Kier alpha value is -11.6. The molecule has 0 bridgehead atoms. The van der Waals surface area contributed by atoms with Crippen LogP contribution in [-0.2, 0) is 43.1 Å². The van der Waals surface area contributed by atoms with Gasteiger partial charge in [-0.15, -0.1) is 0 Å². The van der Waals surface area contributed by atoms with Crippen molar-refractivity contribution in [3.8, 4) is 23.1 Å². The molecule has 129 heavy (non-hydrogen) atoms. The van der Waals surface area contributed by atoms with Crippen molar-refractivity contribution in [1.29, 1.82) is 0 Å². The van der Waals surface area contributed by atoms with Gasteiger partial charge in [0.2, 0.25) is 11.8 Å². The average molecular weight is 1810 g/mol. The lowest BCUT2D eigenvalue weighted by Gasteiger charge is -2.25. The molecule has 0 saturated heterocycles. The topological polar surface area (TPSA) is 475 Å². The van der Waals surface area contributed by atoms with Gasteiger partial charge in [0, 0.05) is 55.4 Å². The summed E-state index contributed by atoms with van der Waals surface area (Å²) < 4.78 is 113. The third kappa shape index (κ3) is 39.1. The maximum atomic E-state index is 14.0. The van der Waals surface area contributed by atoms with E-state index in [2.05, 4.69) is 57.8 Å². The van der Waals surface area contributed by atoms with Crippen LogP contribution in [-0.4, -0.2) is 193 Å². The van der Waals surface area contributed by atoms with Crippen LogP contribution in [0.5, 0.6) is 23.1 Å². The Bertz CT molecular complexity index is 4390. The van der Waals surface area contributed by atoms with Crippen molar-refractivity contribution in [2.24, 2.45) is 45.5 Å². The summed E-state index contributed by atoms with van der Waals surface area (Å²) in [4.78, 5) is 138. The van der Waals surface area contributed by atoms with E-state index in [1.54, 1.807) is 49.5 Å². The summed E-state index contributed by atoms with van der Waals surface area (Å²) in [5.41, 5.74) is 27.9. The predicted octanol–water partition coefficient (Wildman–Crippen LogP) is 10.2. The van der Waals surface area contributed by atoms with E-state index >= 15 is 0 Å². The zero-order valence-corrected chi connectivity index (χ0v) is 74.1. The number of para-hydroxylation sites is 1. The second-order valence-corrected chi connectivity index (χ2v) is 31.4. The molecule has 9 rings (SSSR count).